The Balaban J connectivity index is 0.000000128. The molecule has 0 atom stereocenters. The third-order valence-corrected chi connectivity index (χ3v) is 21.4. The molecule has 4 aliphatic heterocycles. The number of halogens is 3. The van der Waals surface area contributed by atoms with E-state index in [1.165, 1.54) is 28.3 Å². The van der Waals surface area contributed by atoms with Gasteiger partial charge in [-0.2, -0.15) is 9.97 Å². The van der Waals surface area contributed by atoms with Crippen LogP contribution in [0.15, 0.2) is 205 Å². The Bertz CT molecular complexity index is 5220. The smallest absolute Gasteiger partial charge is 0.227 e. The minimum Gasteiger partial charge on any atom is -0.388 e. The van der Waals surface area contributed by atoms with Gasteiger partial charge in [0.2, 0.25) is 11.9 Å². The normalized spacial score (nSPS) is 13.3. The number of pyridine rings is 1. The monoisotopic (exact) mass is 1540 g/mol. The van der Waals surface area contributed by atoms with Gasteiger partial charge in [-0.15, -0.1) is 22.7 Å². The molecule has 0 unspecified atom stereocenters. The van der Waals surface area contributed by atoms with E-state index in [9.17, 15) is 23.6 Å². The average Bonchev–Trinajstić information content (AvgIpc) is 1.66. The van der Waals surface area contributed by atoms with Crippen molar-refractivity contribution >= 4 is 103 Å². The Hall–Kier alpha value is -11.1. The fourth-order valence-electron chi connectivity index (χ4n) is 13.1. The molecule has 6 N–H and O–H groups in total. The summed E-state index contributed by atoms with van der Waals surface area (Å²) in [6.07, 6.45) is 10.1. The lowest BCUT2D eigenvalue weighted by atomic mass is 9.95. The Morgan fingerprint density at radius 3 is 1.59 bits per heavy atom. The number of thiazole rings is 2. The molecule has 12 aromatic rings. The number of Topliss-reactive ketones (excluding diaryl/α,β-unsaturated/α-hetero) is 4. The topological polar surface area (TPSA) is 276 Å². The Labute approximate surface area is 647 Å². The maximum atomic E-state index is 14.6. The van der Waals surface area contributed by atoms with Crippen molar-refractivity contribution in [1.29, 1.82) is 0 Å². The first-order chi connectivity index (χ1) is 53.1. The van der Waals surface area contributed by atoms with Crippen molar-refractivity contribution in [3.63, 3.8) is 0 Å². The molecule has 9 heterocycles. The second kappa shape index (κ2) is 36.2. The summed E-state index contributed by atoms with van der Waals surface area (Å²) in [5, 5.41) is 50.0. The van der Waals surface area contributed by atoms with Crippen LogP contribution in [0.5, 0.6) is 0 Å². The van der Waals surface area contributed by atoms with E-state index >= 15 is 0 Å². The number of rotatable bonds is 20. The van der Waals surface area contributed by atoms with Gasteiger partial charge < -0.3 is 50.7 Å². The van der Waals surface area contributed by atoms with Crippen molar-refractivity contribution < 1.29 is 44.0 Å². The van der Waals surface area contributed by atoms with Crippen LogP contribution in [0, 0.1) is 5.82 Å². The van der Waals surface area contributed by atoms with Crippen molar-refractivity contribution in [3.05, 3.63) is 299 Å². The largest absolute Gasteiger partial charge is 0.388 e. The van der Waals surface area contributed by atoms with E-state index < -0.39 is 38.0 Å². The molecule has 109 heavy (non-hydrogen) atoms. The molecular formula is C83H76Cl2FN13O8S2. The number of ketones is 4. The van der Waals surface area contributed by atoms with Crippen LogP contribution in [-0.4, -0.2) is 131 Å². The third-order valence-electron chi connectivity index (χ3n) is 19.0. The lowest BCUT2D eigenvalue weighted by Crippen LogP contribution is -2.32. The van der Waals surface area contributed by atoms with Gasteiger partial charge in [0.15, 0.2) is 33.4 Å². The summed E-state index contributed by atoms with van der Waals surface area (Å²) < 4.78 is 14.6. The van der Waals surface area contributed by atoms with Crippen molar-refractivity contribution in [1.82, 2.24) is 34.9 Å². The first-order valence-electron chi connectivity index (χ1n) is 35.4. The number of nitrogens with one attached hydrogen (secondary N) is 2. The molecule has 5 aromatic heterocycles. The number of benzene rings is 7. The molecule has 4 aliphatic rings. The number of fused-ring (bicyclic) bond motifs is 4. The minimum atomic E-state index is -0.624. The third kappa shape index (κ3) is 19.3. The van der Waals surface area contributed by atoms with Crippen LogP contribution >= 0.6 is 45.9 Å². The predicted octanol–water partition coefficient (Wildman–Crippen LogP) is 13.6. The summed E-state index contributed by atoms with van der Waals surface area (Å²) in [7, 11) is 0. The number of nitrogens with zero attached hydrogens (tertiary/aromatic N) is 11. The summed E-state index contributed by atoms with van der Waals surface area (Å²) >= 11 is 15.7. The van der Waals surface area contributed by atoms with Crippen molar-refractivity contribution in [2.24, 2.45) is 0 Å². The molecule has 0 saturated heterocycles. The second-order valence-corrected chi connectivity index (χ2v) is 28.6. The molecule has 554 valence electrons. The van der Waals surface area contributed by atoms with Gasteiger partial charge in [-0.05, 0) is 149 Å². The maximum absolute atomic E-state index is 14.6. The molecule has 21 nitrogen and oxygen atoms in total. The highest BCUT2D eigenvalue weighted by atomic mass is 35.5. The van der Waals surface area contributed by atoms with Crippen molar-refractivity contribution in [2.75, 3.05) is 82.8 Å². The zero-order valence-electron chi connectivity index (χ0n) is 59.1. The van der Waals surface area contributed by atoms with E-state index in [0.717, 1.165) is 118 Å². The highest BCUT2D eigenvalue weighted by molar-refractivity contribution is 7.14. The Morgan fingerprint density at radius 1 is 0.450 bits per heavy atom. The highest BCUT2D eigenvalue weighted by Crippen LogP contribution is 2.37. The number of anilines is 6. The summed E-state index contributed by atoms with van der Waals surface area (Å²) in [5.41, 5.74) is 16.1. The van der Waals surface area contributed by atoms with Crippen LogP contribution < -0.4 is 30.2 Å². The van der Waals surface area contributed by atoms with Gasteiger partial charge >= 0.3 is 0 Å². The molecule has 26 heteroatoms. The SMILES string of the molecule is O=C(CO)c1cc(Cl)c2c(c1)CCN(c1nc(-c3cccc(Cl)c3)cs1)C2.O=C(CO)c1cc(F)c2c(c1)CCN(c1nccc(NCc3ccccc3)n1)C2.O=C(CO)c1ccc2c(c1)CCN(c1ccnc(NCc3ccccc3)n1)C2.O=C(CO)c1ccc2c(c1)CCN(c1nc(-c3cccnc3)cs1)C2. The molecular weight excluding hydrogens is 1460 g/mol. The number of carbonyl (C=O) groups excluding carboxylic acids is 4. The van der Waals surface area contributed by atoms with Crippen molar-refractivity contribution in [2.45, 2.75) is 65.0 Å². The van der Waals surface area contributed by atoms with Crippen LogP contribution in [0.1, 0.15) is 97.1 Å². The van der Waals surface area contributed by atoms with E-state index in [1.54, 1.807) is 71.6 Å². The number of carbonyl (C=O) groups is 4. The summed E-state index contributed by atoms with van der Waals surface area (Å²) in [4.78, 5) is 87.0. The number of hydrogen-bond donors (Lipinski definition) is 6. The molecule has 0 saturated carbocycles. The van der Waals surface area contributed by atoms with Gasteiger partial charge in [-0.25, -0.2) is 24.3 Å². The molecule has 0 aliphatic carbocycles. The number of hydrogen-bond acceptors (Lipinski definition) is 23. The summed E-state index contributed by atoms with van der Waals surface area (Å²) in [6, 6.07) is 53.2. The molecule has 0 amide bonds. The minimum absolute atomic E-state index is 0.209. The second-order valence-electron chi connectivity index (χ2n) is 26.1. The van der Waals surface area contributed by atoms with E-state index in [-0.39, 0.29) is 22.9 Å². The van der Waals surface area contributed by atoms with Gasteiger partial charge in [0.25, 0.3) is 0 Å². The summed E-state index contributed by atoms with van der Waals surface area (Å²) in [6.45, 7) is 4.88. The number of aliphatic hydroxyl groups excluding tert-OH is 4. The van der Waals surface area contributed by atoms with E-state index in [1.807, 2.05) is 138 Å². The fourth-order valence-corrected chi connectivity index (χ4v) is 15.3. The van der Waals surface area contributed by atoms with Crippen LogP contribution in [0.25, 0.3) is 22.5 Å². The molecule has 0 spiro atoms. The van der Waals surface area contributed by atoms with Gasteiger partial charge in [-0.1, -0.05) is 120 Å². The number of aliphatic hydroxyl groups is 4. The molecule has 0 fully saturated rings. The van der Waals surface area contributed by atoms with Crippen LogP contribution in [0.2, 0.25) is 10.0 Å². The van der Waals surface area contributed by atoms with Crippen molar-refractivity contribution in [3.8, 4) is 22.5 Å². The average molecular weight is 1540 g/mol. The van der Waals surface area contributed by atoms with Gasteiger partial charge in [0.1, 0.15) is 43.9 Å². The Morgan fingerprint density at radius 2 is 0.972 bits per heavy atom. The standard InChI is InChI=1S/C22H21FN4O2.C22H22N4O2.C20H16Cl2N2O2S.C19H17N3O2S/c23-19-11-17(20(29)14-28)10-16-7-9-27(13-18(16)19)22-24-8-6-21(26-22)25-12-15-4-2-1-3-5-15;27-15-20(28)18-6-7-19-14-26(11-9-17(19)12-18)21-8-10-23-22(25-21)24-13-16-4-2-1-3-5-16;21-15-3-1-2-13(7-15)18-11-27-20(23-18)24-5-4-12-6-14(19(26)10-25)8-17(22)16(12)9-24;23-11-18(24)14-3-4-16-10-22(7-5-13(16)8-14)19-21-17(12-25-19)15-2-1-6-20-9-15/h1-6,8,10-11,28H,7,9,12-14H2,(H,24,25,26);1-8,10,12,27H,9,11,13-15H2,(H,23,24,25);1-3,6-8,11,25H,4-5,9-10H2;1-4,6,8-9,12,23H,5,7,10-11H2. The van der Waals surface area contributed by atoms with Crippen LogP contribution in [0.4, 0.5) is 38.2 Å². The van der Waals surface area contributed by atoms with Crippen LogP contribution in [0.3, 0.4) is 0 Å². The molecule has 0 bridgehead atoms. The van der Waals surface area contributed by atoms with Gasteiger partial charge in [0, 0.05) is 150 Å². The first kappa shape index (κ1) is 76.1. The van der Waals surface area contributed by atoms with Gasteiger partial charge in [-0.3, -0.25) is 24.2 Å². The van der Waals surface area contributed by atoms with E-state index in [2.05, 4.69) is 67.8 Å². The molecule has 0 radical (unpaired) electrons. The lowest BCUT2D eigenvalue weighted by Gasteiger charge is -2.30. The zero-order valence-corrected chi connectivity index (χ0v) is 62.3. The predicted molar refractivity (Wildman–Crippen MR) is 425 cm³/mol. The van der Waals surface area contributed by atoms with Gasteiger partial charge in [0.05, 0.1) is 11.4 Å². The Kier molecular flexibility index (Phi) is 25.3. The molecule has 16 rings (SSSR count). The maximum Gasteiger partial charge on any atom is 0.227 e. The summed E-state index contributed by atoms with van der Waals surface area (Å²) in [5.74, 6) is 1.02. The lowest BCUT2D eigenvalue weighted by molar-refractivity contribution is 0.0897. The van der Waals surface area contributed by atoms with Crippen LogP contribution in [-0.2, 0) is 65.0 Å². The molecule has 7 aromatic carbocycles. The number of aromatic nitrogens is 7. The quantitative estimate of drug-likeness (QED) is 0.0387. The highest BCUT2D eigenvalue weighted by Gasteiger charge is 2.27. The van der Waals surface area contributed by atoms with E-state index in [0.29, 0.717) is 89.2 Å². The van der Waals surface area contributed by atoms with E-state index in [4.69, 9.17) is 53.6 Å². The zero-order chi connectivity index (χ0) is 75.8. The fraction of sp³-hybridized carbons (Fsp3) is 0.217. The first-order valence-corrected chi connectivity index (χ1v) is 37.9.